The van der Waals surface area contributed by atoms with Crippen LogP contribution in [0.2, 0.25) is 0 Å². The van der Waals surface area contributed by atoms with Gasteiger partial charge in [0, 0.05) is 13.1 Å². The van der Waals surface area contributed by atoms with Gasteiger partial charge in [0.05, 0.1) is 11.4 Å². The Morgan fingerprint density at radius 1 is 1.25 bits per heavy atom. The van der Waals surface area contributed by atoms with E-state index in [1.807, 2.05) is 19.1 Å². The molecule has 1 aliphatic heterocycles. The fourth-order valence-electron chi connectivity index (χ4n) is 2.08. The van der Waals surface area contributed by atoms with E-state index in [1.165, 1.54) is 12.8 Å². The van der Waals surface area contributed by atoms with Gasteiger partial charge in [0.25, 0.3) is 0 Å². The molecule has 2 rings (SSSR count). The molecule has 0 unspecified atom stereocenters. The Balaban J connectivity index is 2.11. The van der Waals surface area contributed by atoms with Crippen molar-refractivity contribution in [3.63, 3.8) is 0 Å². The molecule has 0 aliphatic carbocycles. The van der Waals surface area contributed by atoms with Crippen LogP contribution in [0.25, 0.3) is 0 Å². The SMILES string of the molecule is Cc1nc(N2CCC(C)(C)CC2)ccc1N. The number of pyridine rings is 1. The van der Waals surface area contributed by atoms with Crippen LogP contribution < -0.4 is 10.6 Å². The van der Waals surface area contributed by atoms with Crippen LogP contribution in [-0.4, -0.2) is 18.1 Å². The summed E-state index contributed by atoms with van der Waals surface area (Å²) in [7, 11) is 0. The molecule has 2 heterocycles. The zero-order valence-corrected chi connectivity index (χ0v) is 10.5. The number of hydrogen-bond donors (Lipinski definition) is 1. The molecule has 3 nitrogen and oxygen atoms in total. The molecule has 1 aromatic heterocycles. The van der Waals surface area contributed by atoms with Gasteiger partial charge in [0.2, 0.25) is 0 Å². The van der Waals surface area contributed by atoms with Crippen LogP contribution in [0, 0.1) is 12.3 Å². The van der Waals surface area contributed by atoms with E-state index in [4.69, 9.17) is 5.73 Å². The second kappa shape index (κ2) is 3.96. The highest BCUT2D eigenvalue weighted by Crippen LogP contribution is 2.31. The Morgan fingerprint density at radius 3 is 2.44 bits per heavy atom. The monoisotopic (exact) mass is 219 g/mol. The third-order valence-corrected chi connectivity index (χ3v) is 3.55. The third-order valence-electron chi connectivity index (χ3n) is 3.55. The number of nitrogen functional groups attached to an aromatic ring is 1. The average Bonchev–Trinajstić information content (AvgIpc) is 2.22. The normalized spacial score (nSPS) is 19.8. The van der Waals surface area contributed by atoms with E-state index in [0.717, 1.165) is 30.3 Å². The molecular weight excluding hydrogens is 198 g/mol. The molecule has 0 saturated carbocycles. The van der Waals surface area contributed by atoms with Crippen LogP contribution in [0.15, 0.2) is 12.1 Å². The summed E-state index contributed by atoms with van der Waals surface area (Å²) in [6, 6.07) is 3.98. The molecule has 0 radical (unpaired) electrons. The minimum Gasteiger partial charge on any atom is -0.397 e. The number of aromatic nitrogens is 1. The van der Waals surface area contributed by atoms with Crippen LogP contribution in [-0.2, 0) is 0 Å². The maximum atomic E-state index is 5.78. The molecule has 0 aromatic carbocycles. The maximum absolute atomic E-state index is 5.78. The summed E-state index contributed by atoms with van der Waals surface area (Å²) in [5.74, 6) is 1.07. The molecule has 1 aliphatic rings. The van der Waals surface area contributed by atoms with E-state index in [2.05, 4.69) is 23.7 Å². The lowest BCUT2D eigenvalue weighted by Crippen LogP contribution is -2.37. The van der Waals surface area contributed by atoms with Gasteiger partial charge in [0.1, 0.15) is 5.82 Å². The van der Waals surface area contributed by atoms with Crippen molar-refractivity contribution in [2.75, 3.05) is 23.7 Å². The number of nitrogens with two attached hydrogens (primary N) is 1. The summed E-state index contributed by atoms with van der Waals surface area (Å²) in [6.07, 6.45) is 2.47. The van der Waals surface area contributed by atoms with Crippen LogP contribution in [0.4, 0.5) is 11.5 Å². The fourth-order valence-corrected chi connectivity index (χ4v) is 2.08. The van der Waals surface area contributed by atoms with Gasteiger partial charge in [-0.15, -0.1) is 0 Å². The molecule has 16 heavy (non-hydrogen) atoms. The minimum atomic E-state index is 0.485. The maximum Gasteiger partial charge on any atom is 0.128 e. The molecule has 0 amide bonds. The lowest BCUT2D eigenvalue weighted by molar-refractivity contribution is 0.279. The van der Waals surface area contributed by atoms with Crippen molar-refractivity contribution in [3.8, 4) is 0 Å². The molecule has 0 atom stereocenters. The largest absolute Gasteiger partial charge is 0.397 e. The predicted molar refractivity (Wildman–Crippen MR) is 68.6 cm³/mol. The van der Waals surface area contributed by atoms with E-state index in [-0.39, 0.29) is 0 Å². The van der Waals surface area contributed by atoms with Gasteiger partial charge in [0.15, 0.2) is 0 Å². The summed E-state index contributed by atoms with van der Waals surface area (Å²) < 4.78 is 0. The van der Waals surface area contributed by atoms with Gasteiger partial charge in [-0.05, 0) is 37.3 Å². The first kappa shape index (κ1) is 11.2. The summed E-state index contributed by atoms with van der Waals surface area (Å²) >= 11 is 0. The average molecular weight is 219 g/mol. The van der Waals surface area contributed by atoms with E-state index >= 15 is 0 Å². The Hall–Kier alpha value is -1.25. The Labute approximate surface area is 97.7 Å². The first-order valence-electron chi connectivity index (χ1n) is 5.96. The quantitative estimate of drug-likeness (QED) is 0.789. The minimum absolute atomic E-state index is 0.485. The van der Waals surface area contributed by atoms with Crippen LogP contribution in [0.5, 0.6) is 0 Å². The summed E-state index contributed by atoms with van der Waals surface area (Å²) in [5.41, 5.74) is 7.98. The molecule has 0 spiro atoms. The molecule has 1 fully saturated rings. The van der Waals surface area contributed by atoms with Gasteiger partial charge in [-0.2, -0.15) is 0 Å². The number of piperidine rings is 1. The van der Waals surface area contributed by atoms with Crippen molar-refractivity contribution in [2.24, 2.45) is 5.41 Å². The van der Waals surface area contributed by atoms with Crippen LogP contribution >= 0.6 is 0 Å². The Bertz CT molecular complexity index is 375. The summed E-state index contributed by atoms with van der Waals surface area (Å²) in [6.45, 7) is 8.84. The highest BCUT2D eigenvalue weighted by molar-refractivity contribution is 5.50. The number of rotatable bonds is 1. The van der Waals surface area contributed by atoms with Crippen molar-refractivity contribution >= 4 is 11.5 Å². The molecule has 88 valence electrons. The molecule has 2 N–H and O–H groups in total. The number of aryl methyl sites for hydroxylation is 1. The highest BCUT2D eigenvalue weighted by atomic mass is 15.2. The van der Waals surface area contributed by atoms with E-state index < -0.39 is 0 Å². The first-order valence-corrected chi connectivity index (χ1v) is 5.96. The topological polar surface area (TPSA) is 42.2 Å². The van der Waals surface area contributed by atoms with Gasteiger partial charge in [-0.1, -0.05) is 13.8 Å². The fraction of sp³-hybridized carbons (Fsp3) is 0.615. The lowest BCUT2D eigenvalue weighted by atomic mass is 9.83. The van der Waals surface area contributed by atoms with E-state index in [1.54, 1.807) is 0 Å². The van der Waals surface area contributed by atoms with Crippen molar-refractivity contribution in [2.45, 2.75) is 33.6 Å². The van der Waals surface area contributed by atoms with Gasteiger partial charge in [-0.25, -0.2) is 4.98 Å². The molecular formula is C13H21N3. The summed E-state index contributed by atoms with van der Waals surface area (Å²) in [5, 5.41) is 0. The second-order valence-electron chi connectivity index (χ2n) is 5.50. The molecule has 0 bridgehead atoms. The van der Waals surface area contributed by atoms with Gasteiger partial charge in [-0.3, -0.25) is 0 Å². The Kier molecular flexibility index (Phi) is 2.78. The first-order chi connectivity index (χ1) is 7.48. The number of hydrogen-bond acceptors (Lipinski definition) is 3. The zero-order valence-electron chi connectivity index (χ0n) is 10.5. The molecule has 1 aromatic rings. The van der Waals surface area contributed by atoms with Gasteiger partial charge >= 0.3 is 0 Å². The lowest BCUT2D eigenvalue weighted by Gasteiger charge is -2.37. The highest BCUT2D eigenvalue weighted by Gasteiger charge is 2.25. The van der Waals surface area contributed by atoms with Crippen molar-refractivity contribution in [3.05, 3.63) is 17.8 Å². The van der Waals surface area contributed by atoms with Crippen molar-refractivity contribution in [1.29, 1.82) is 0 Å². The third kappa shape index (κ3) is 2.29. The van der Waals surface area contributed by atoms with Crippen LogP contribution in [0.1, 0.15) is 32.4 Å². The Morgan fingerprint density at radius 2 is 1.88 bits per heavy atom. The number of anilines is 2. The standard InChI is InChI=1S/C13H21N3/c1-10-11(14)4-5-12(15-10)16-8-6-13(2,3)7-9-16/h4-5H,6-9,14H2,1-3H3. The number of nitrogens with zero attached hydrogens (tertiary/aromatic N) is 2. The van der Waals surface area contributed by atoms with Crippen molar-refractivity contribution < 1.29 is 0 Å². The van der Waals surface area contributed by atoms with E-state index in [0.29, 0.717) is 5.41 Å². The molecule has 1 saturated heterocycles. The molecule has 3 heteroatoms. The zero-order chi connectivity index (χ0) is 11.8. The predicted octanol–water partition coefficient (Wildman–Crippen LogP) is 2.60. The second-order valence-corrected chi connectivity index (χ2v) is 5.50. The summed E-state index contributed by atoms with van der Waals surface area (Å²) in [4.78, 5) is 6.90. The van der Waals surface area contributed by atoms with Crippen LogP contribution in [0.3, 0.4) is 0 Å². The smallest absolute Gasteiger partial charge is 0.128 e. The van der Waals surface area contributed by atoms with E-state index in [9.17, 15) is 0 Å². The van der Waals surface area contributed by atoms with Crippen molar-refractivity contribution in [1.82, 2.24) is 4.98 Å². The van der Waals surface area contributed by atoms with Gasteiger partial charge < -0.3 is 10.6 Å².